The van der Waals surface area contributed by atoms with Crippen molar-refractivity contribution in [3.63, 3.8) is 0 Å². The number of H-pyrrole nitrogens is 1. The Bertz CT molecular complexity index is 578. The summed E-state index contributed by atoms with van der Waals surface area (Å²) in [5, 5.41) is 10.9. The van der Waals surface area contributed by atoms with Crippen LogP contribution in [0.1, 0.15) is 11.6 Å². The van der Waals surface area contributed by atoms with Gasteiger partial charge in [0.1, 0.15) is 5.82 Å². The molecule has 1 unspecified atom stereocenters. The van der Waals surface area contributed by atoms with Gasteiger partial charge in [0, 0.05) is 23.2 Å². The third-order valence-electron chi connectivity index (χ3n) is 3.15. The lowest BCUT2D eigenvalue weighted by Crippen LogP contribution is -2.34. The lowest BCUT2D eigenvalue weighted by atomic mass is 10.0. The lowest BCUT2D eigenvalue weighted by Gasteiger charge is -2.24. The van der Waals surface area contributed by atoms with Crippen molar-refractivity contribution < 1.29 is 4.74 Å². The van der Waals surface area contributed by atoms with Crippen LogP contribution in [0.5, 0.6) is 0 Å². The molecule has 0 saturated carbocycles. The Morgan fingerprint density at radius 1 is 1.32 bits per heavy atom. The molecule has 1 atom stereocenters. The molecule has 0 aliphatic carbocycles. The molecule has 1 fully saturated rings. The summed E-state index contributed by atoms with van der Waals surface area (Å²) in [6.45, 7) is 2.26. The zero-order valence-corrected chi connectivity index (χ0v) is 11.1. The topological polar surface area (TPSA) is 76.0 Å². The van der Waals surface area contributed by atoms with Crippen molar-refractivity contribution in [1.29, 1.82) is 0 Å². The number of aromatic amines is 1. The molecule has 100 valence electrons. The van der Waals surface area contributed by atoms with Crippen LogP contribution in [0.2, 0.25) is 5.02 Å². The number of hydrogen-bond donors (Lipinski definition) is 3. The van der Waals surface area contributed by atoms with Crippen molar-refractivity contribution in [2.75, 3.05) is 25.5 Å². The standard InChI is InChI=1S/C13H15ClN4O/c14-10-4-8(11-6-13(15)18-17-11)3-9(5-10)12-7-19-2-1-16-12/h3-6,12,16H,1-2,7H2,(H3,15,17,18). The molecule has 2 aromatic rings. The molecule has 5 nitrogen and oxygen atoms in total. The molecule has 1 saturated heterocycles. The van der Waals surface area contributed by atoms with Crippen LogP contribution in [-0.2, 0) is 4.74 Å². The monoisotopic (exact) mass is 278 g/mol. The molecule has 0 amide bonds. The number of rotatable bonds is 2. The Labute approximate surface area is 116 Å². The van der Waals surface area contributed by atoms with E-state index >= 15 is 0 Å². The minimum Gasteiger partial charge on any atom is -0.382 e. The third kappa shape index (κ3) is 2.73. The van der Waals surface area contributed by atoms with E-state index in [2.05, 4.69) is 21.6 Å². The molecule has 1 aliphatic rings. The van der Waals surface area contributed by atoms with Crippen molar-refractivity contribution in [2.45, 2.75) is 6.04 Å². The van der Waals surface area contributed by atoms with E-state index in [-0.39, 0.29) is 6.04 Å². The molecular weight excluding hydrogens is 264 g/mol. The van der Waals surface area contributed by atoms with Gasteiger partial charge in [0.05, 0.1) is 24.9 Å². The smallest absolute Gasteiger partial charge is 0.145 e. The summed E-state index contributed by atoms with van der Waals surface area (Å²) in [4.78, 5) is 0. The van der Waals surface area contributed by atoms with Gasteiger partial charge in [-0.3, -0.25) is 5.10 Å². The van der Waals surface area contributed by atoms with Crippen molar-refractivity contribution in [1.82, 2.24) is 15.5 Å². The van der Waals surface area contributed by atoms with E-state index in [1.165, 1.54) is 0 Å². The Balaban J connectivity index is 1.95. The van der Waals surface area contributed by atoms with Crippen molar-refractivity contribution in [3.05, 3.63) is 34.9 Å². The van der Waals surface area contributed by atoms with E-state index in [0.29, 0.717) is 17.4 Å². The first kappa shape index (κ1) is 12.5. The summed E-state index contributed by atoms with van der Waals surface area (Å²) in [6.07, 6.45) is 0. The van der Waals surface area contributed by atoms with Crippen LogP contribution in [0, 0.1) is 0 Å². The number of morpholine rings is 1. The minimum atomic E-state index is 0.173. The zero-order valence-electron chi connectivity index (χ0n) is 10.3. The molecule has 1 aliphatic heterocycles. The maximum atomic E-state index is 6.19. The van der Waals surface area contributed by atoms with Gasteiger partial charge in [-0.05, 0) is 23.8 Å². The highest BCUT2D eigenvalue weighted by Crippen LogP contribution is 2.28. The molecule has 3 rings (SSSR count). The molecule has 0 spiro atoms. The quantitative estimate of drug-likeness (QED) is 0.785. The molecule has 1 aromatic heterocycles. The molecular formula is C13H15ClN4O. The van der Waals surface area contributed by atoms with Crippen LogP contribution in [0.3, 0.4) is 0 Å². The number of nitrogens with zero attached hydrogens (tertiary/aromatic N) is 1. The van der Waals surface area contributed by atoms with Crippen LogP contribution in [0.25, 0.3) is 11.3 Å². The molecule has 2 heterocycles. The van der Waals surface area contributed by atoms with Gasteiger partial charge in [0.25, 0.3) is 0 Å². The second kappa shape index (κ2) is 5.21. The number of nitrogens with one attached hydrogen (secondary N) is 2. The number of anilines is 1. The highest BCUT2D eigenvalue weighted by atomic mass is 35.5. The van der Waals surface area contributed by atoms with Crippen LogP contribution in [0.15, 0.2) is 24.3 Å². The van der Waals surface area contributed by atoms with E-state index in [1.807, 2.05) is 12.1 Å². The van der Waals surface area contributed by atoms with Crippen LogP contribution in [-0.4, -0.2) is 30.0 Å². The largest absolute Gasteiger partial charge is 0.382 e. The maximum absolute atomic E-state index is 6.19. The molecule has 0 bridgehead atoms. The second-order valence-electron chi connectivity index (χ2n) is 4.56. The number of halogens is 1. The first-order valence-corrected chi connectivity index (χ1v) is 6.53. The molecule has 0 radical (unpaired) electrons. The van der Waals surface area contributed by atoms with Crippen molar-refractivity contribution in [2.24, 2.45) is 0 Å². The van der Waals surface area contributed by atoms with E-state index in [9.17, 15) is 0 Å². The Hall–Kier alpha value is -1.56. The van der Waals surface area contributed by atoms with E-state index in [1.54, 1.807) is 6.07 Å². The van der Waals surface area contributed by atoms with Gasteiger partial charge in [-0.25, -0.2) is 0 Å². The number of nitrogens with two attached hydrogens (primary N) is 1. The first-order chi connectivity index (χ1) is 9.22. The van der Waals surface area contributed by atoms with Gasteiger partial charge in [-0.1, -0.05) is 11.6 Å². The first-order valence-electron chi connectivity index (χ1n) is 6.15. The van der Waals surface area contributed by atoms with E-state index < -0.39 is 0 Å². The SMILES string of the molecule is Nc1cc(-c2cc(Cl)cc(C3COCCN3)c2)[nH]n1. The summed E-state index contributed by atoms with van der Waals surface area (Å²) in [6, 6.07) is 7.89. The van der Waals surface area contributed by atoms with Gasteiger partial charge in [-0.2, -0.15) is 5.10 Å². The summed E-state index contributed by atoms with van der Waals surface area (Å²) in [5.74, 6) is 0.468. The number of benzene rings is 1. The Kier molecular flexibility index (Phi) is 3.42. The maximum Gasteiger partial charge on any atom is 0.145 e. The fourth-order valence-corrected chi connectivity index (χ4v) is 2.48. The minimum absolute atomic E-state index is 0.173. The highest BCUT2D eigenvalue weighted by Gasteiger charge is 2.17. The van der Waals surface area contributed by atoms with Crippen molar-refractivity contribution >= 4 is 17.4 Å². The van der Waals surface area contributed by atoms with E-state index in [0.717, 1.165) is 30.0 Å². The molecule has 4 N–H and O–H groups in total. The van der Waals surface area contributed by atoms with Crippen LogP contribution < -0.4 is 11.1 Å². The molecule has 1 aromatic carbocycles. The fourth-order valence-electron chi connectivity index (χ4n) is 2.23. The average Bonchev–Trinajstić information content (AvgIpc) is 2.86. The highest BCUT2D eigenvalue weighted by molar-refractivity contribution is 6.31. The normalized spacial score (nSPS) is 19.5. The Morgan fingerprint density at radius 3 is 2.89 bits per heavy atom. The lowest BCUT2D eigenvalue weighted by molar-refractivity contribution is 0.0769. The second-order valence-corrected chi connectivity index (χ2v) is 5.00. The summed E-state index contributed by atoms with van der Waals surface area (Å²) < 4.78 is 5.48. The summed E-state index contributed by atoms with van der Waals surface area (Å²) >= 11 is 6.19. The van der Waals surface area contributed by atoms with Gasteiger partial charge >= 0.3 is 0 Å². The number of nitrogen functional groups attached to an aromatic ring is 1. The predicted octanol–water partition coefficient (Wildman–Crippen LogP) is 1.97. The van der Waals surface area contributed by atoms with Gasteiger partial charge < -0.3 is 15.8 Å². The summed E-state index contributed by atoms with van der Waals surface area (Å²) in [5.41, 5.74) is 8.56. The Morgan fingerprint density at radius 2 is 2.21 bits per heavy atom. The molecule has 6 heteroatoms. The van der Waals surface area contributed by atoms with Crippen LogP contribution in [0.4, 0.5) is 5.82 Å². The van der Waals surface area contributed by atoms with Gasteiger partial charge in [0.15, 0.2) is 0 Å². The zero-order chi connectivity index (χ0) is 13.2. The number of hydrogen-bond acceptors (Lipinski definition) is 4. The third-order valence-corrected chi connectivity index (χ3v) is 3.37. The predicted molar refractivity (Wildman–Crippen MR) is 75.0 cm³/mol. The van der Waals surface area contributed by atoms with E-state index in [4.69, 9.17) is 22.1 Å². The van der Waals surface area contributed by atoms with Gasteiger partial charge in [-0.15, -0.1) is 0 Å². The molecule has 19 heavy (non-hydrogen) atoms. The summed E-state index contributed by atoms with van der Waals surface area (Å²) in [7, 11) is 0. The average molecular weight is 279 g/mol. The van der Waals surface area contributed by atoms with Crippen LogP contribution >= 0.6 is 11.6 Å². The number of ether oxygens (including phenoxy) is 1. The van der Waals surface area contributed by atoms with Crippen molar-refractivity contribution in [3.8, 4) is 11.3 Å². The van der Waals surface area contributed by atoms with Gasteiger partial charge in [0.2, 0.25) is 0 Å². The fraction of sp³-hybridized carbons (Fsp3) is 0.308. The number of aromatic nitrogens is 2.